The maximum absolute atomic E-state index is 4.04. The molecule has 0 aromatic carbocycles. The van der Waals surface area contributed by atoms with Crippen molar-refractivity contribution < 1.29 is 0 Å². The fourth-order valence-corrected chi connectivity index (χ4v) is 5.08. The van der Waals surface area contributed by atoms with E-state index in [4.69, 9.17) is 0 Å². The topological polar surface area (TPSA) is 18.5 Å². The number of likely N-dealkylation sites (tertiary alicyclic amines) is 2. The highest BCUT2D eigenvalue weighted by Crippen LogP contribution is 2.29. The second-order valence-electron chi connectivity index (χ2n) is 9.00. The van der Waals surface area contributed by atoms with Crippen molar-refractivity contribution in [2.75, 3.05) is 26.7 Å². The van der Waals surface area contributed by atoms with Crippen LogP contribution in [-0.2, 0) is 0 Å². The van der Waals surface area contributed by atoms with Gasteiger partial charge >= 0.3 is 0 Å². The van der Waals surface area contributed by atoms with Crippen LogP contribution in [0.3, 0.4) is 0 Å². The van der Waals surface area contributed by atoms with Crippen molar-refractivity contribution >= 4 is 0 Å². The molecule has 3 fully saturated rings. The summed E-state index contributed by atoms with van der Waals surface area (Å²) in [6, 6.07) is 3.13. The van der Waals surface area contributed by atoms with E-state index in [0.717, 1.165) is 36.0 Å². The van der Waals surface area contributed by atoms with Gasteiger partial charge in [0.25, 0.3) is 0 Å². The molecule has 0 aromatic rings. The first-order chi connectivity index (χ1) is 11.0. The van der Waals surface area contributed by atoms with Crippen molar-refractivity contribution in [3.63, 3.8) is 0 Å². The number of hydrogen-bond acceptors (Lipinski definition) is 3. The number of hydrogen-bond donors (Lipinski definition) is 1. The lowest BCUT2D eigenvalue weighted by atomic mass is 9.85. The molecule has 23 heavy (non-hydrogen) atoms. The third-order valence-corrected chi connectivity index (χ3v) is 7.09. The van der Waals surface area contributed by atoms with E-state index in [1.54, 1.807) is 0 Å². The van der Waals surface area contributed by atoms with E-state index >= 15 is 0 Å². The first-order valence-corrected chi connectivity index (χ1v) is 10.2. The number of nitrogens with zero attached hydrogens (tertiary/aromatic N) is 2. The van der Waals surface area contributed by atoms with Crippen LogP contribution in [0.4, 0.5) is 0 Å². The molecule has 2 saturated heterocycles. The first-order valence-electron chi connectivity index (χ1n) is 10.2. The van der Waals surface area contributed by atoms with Crippen LogP contribution in [0.15, 0.2) is 0 Å². The van der Waals surface area contributed by atoms with Crippen LogP contribution in [0.25, 0.3) is 0 Å². The summed E-state index contributed by atoms with van der Waals surface area (Å²) in [5, 5.41) is 4.04. The minimum atomic E-state index is 0.732. The third-order valence-electron chi connectivity index (χ3n) is 7.09. The van der Waals surface area contributed by atoms with Gasteiger partial charge < -0.3 is 15.1 Å². The Bertz CT molecular complexity index is 356. The van der Waals surface area contributed by atoms with E-state index in [1.807, 2.05) is 0 Å². The van der Waals surface area contributed by atoms with Crippen molar-refractivity contribution in [1.82, 2.24) is 15.1 Å². The summed E-state index contributed by atoms with van der Waals surface area (Å²) in [7, 11) is 2.28. The molecular weight excluding hydrogens is 282 g/mol. The molecule has 3 heteroatoms. The van der Waals surface area contributed by atoms with Crippen LogP contribution in [0, 0.1) is 11.8 Å². The highest BCUT2D eigenvalue weighted by atomic mass is 15.2. The summed E-state index contributed by atoms with van der Waals surface area (Å²) in [6.45, 7) is 11.2. The lowest BCUT2D eigenvalue weighted by Crippen LogP contribution is -2.54. The Morgan fingerprint density at radius 2 is 1.52 bits per heavy atom. The molecule has 3 nitrogen and oxygen atoms in total. The molecule has 0 radical (unpaired) electrons. The molecule has 0 unspecified atom stereocenters. The molecule has 3 aliphatic rings. The predicted octanol–water partition coefficient (Wildman–Crippen LogP) is 3.35. The quantitative estimate of drug-likeness (QED) is 0.860. The summed E-state index contributed by atoms with van der Waals surface area (Å²) in [4.78, 5) is 5.33. The number of nitrogens with one attached hydrogen (secondary N) is 1. The molecular formula is C20H39N3. The van der Waals surface area contributed by atoms with Crippen molar-refractivity contribution in [1.29, 1.82) is 0 Å². The van der Waals surface area contributed by atoms with E-state index in [0.29, 0.717) is 0 Å². The van der Waals surface area contributed by atoms with E-state index in [9.17, 15) is 0 Å². The monoisotopic (exact) mass is 321 g/mol. The maximum atomic E-state index is 4.04. The van der Waals surface area contributed by atoms with Gasteiger partial charge in [0.15, 0.2) is 0 Å². The lowest BCUT2D eigenvalue weighted by Gasteiger charge is -2.44. The van der Waals surface area contributed by atoms with Crippen molar-refractivity contribution in [2.24, 2.45) is 11.8 Å². The van der Waals surface area contributed by atoms with Crippen LogP contribution in [-0.4, -0.2) is 60.6 Å². The Labute approximate surface area is 144 Å². The van der Waals surface area contributed by atoms with Gasteiger partial charge in [-0.2, -0.15) is 0 Å². The molecule has 3 atom stereocenters. The molecule has 3 rings (SSSR count). The van der Waals surface area contributed by atoms with Gasteiger partial charge in [0.1, 0.15) is 0 Å². The summed E-state index contributed by atoms with van der Waals surface area (Å²) >= 11 is 0. The highest BCUT2D eigenvalue weighted by Gasteiger charge is 2.33. The van der Waals surface area contributed by atoms with E-state index in [2.05, 4.69) is 42.9 Å². The molecule has 2 heterocycles. The van der Waals surface area contributed by atoms with Crippen LogP contribution in [0.5, 0.6) is 0 Å². The molecule has 0 bridgehead atoms. The molecule has 134 valence electrons. The Hall–Kier alpha value is -0.120. The average Bonchev–Trinajstić information content (AvgIpc) is 2.54. The zero-order valence-corrected chi connectivity index (χ0v) is 15.9. The van der Waals surface area contributed by atoms with Crippen LogP contribution < -0.4 is 5.32 Å². The Morgan fingerprint density at radius 3 is 2.17 bits per heavy atom. The van der Waals surface area contributed by atoms with Gasteiger partial charge in [0.2, 0.25) is 0 Å². The molecule has 1 saturated carbocycles. The van der Waals surface area contributed by atoms with Gasteiger partial charge in [-0.15, -0.1) is 0 Å². The van der Waals surface area contributed by atoms with Crippen molar-refractivity contribution in [3.8, 4) is 0 Å². The molecule has 1 aliphatic carbocycles. The fourth-order valence-electron chi connectivity index (χ4n) is 5.08. The standard InChI is InChI=1S/C20H39N3/c1-15-9-11-23(12-10-15)19-7-5-18(6-8-19)21-20-13-17(3)22(4)14-16(20)2/h15-21H,5-14H2,1-4H3/t16-,17-,18?,19?,20-/m1/s1. The van der Waals surface area contributed by atoms with Crippen molar-refractivity contribution in [3.05, 3.63) is 0 Å². The van der Waals surface area contributed by atoms with Gasteiger partial charge in [-0.05, 0) is 83.8 Å². The van der Waals surface area contributed by atoms with Gasteiger partial charge in [0.05, 0.1) is 0 Å². The minimum absolute atomic E-state index is 0.732. The molecule has 0 amide bonds. The molecule has 2 aliphatic heterocycles. The number of rotatable bonds is 3. The molecule has 1 N–H and O–H groups in total. The summed E-state index contributed by atoms with van der Waals surface area (Å²) in [5.74, 6) is 1.75. The van der Waals surface area contributed by atoms with Crippen LogP contribution in [0.1, 0.15) is 65.7 Å². The third kappa shape index (κ3) is 4.49. The predicted molar refractivity (Wildman–Crippen MR) is 98.8 cm³/mol. The van der Waals surface area contributed by atoms with Crippen LogP contribution >= 0.6 is 0 Å². The van der Waals surface area contributed by atoms with Gasteiger partial charge in [0, 0.05) is 30.7 Å². The Morgan fingerprint density at radius 1 is 0.870 bits per heavy atom. The smallest absolute Gasteiger partial charge is 0.0122 e. The van der Waals surface area contributed by atoms with E-state index in [1.165, 1.54) is 64.6 Å². The fraction of sp³-hybridized carbons (Fsp3) is 1.00. The zero-order chi connectivity index (χ0) is 16.4. The van der Waals surface area contributed by atoms with Gasteiger partial charge in [-0.25, -0.2) is 0 Å². The van der Waals surface area contributed by atoms with Crippen molar-refractivity contribution in [2.45, 2.75) is 89.9 Å². The lowest BCUT2D eigenvalue weighted by molar-refractivity contribution is 0.0860. The van der Waals surface area contributed by atoms with E-state index < -0.39 is 0 Å². The Balaban J connectivity index is 1.42. The maximum Gasteiger partial charge on any atom is 0.0122 e. The number of piperidine rings is 2. The summed E-state index contributed by atoms with van der Waals surface area (Å²) in [6.07, 6.45) is 9.79. The SMILES string of the molecule is CC1CCN(C2CCC(N[C@@H]3C[C@@H](C)N(C)C[C@H]3C)CC2)CC1. The van der Waals surface area contributed by atoms with Gasteiger partial charge in [-0.1, -0.05) is 13.8 Å². The van der Waals surface area contributed by atoms with E-state index in [-0.39, 0.29) is 0 Å². The largest absolute Gasteiger partial charge is 0.311 e. The average molecular weight is 322 g/mol. The zero-order valence-electron chi connectivity index (χ0n) is 15.9. The first kappa shape index (κ1) is 17.7. The normalized spacial score (nSPS) is 42.0. The summed E-state index contributed by atoms with van der Waals surface area (Å²) in [5.41, 5.74) is 0. The molecule has 0 aromatic heterocycles. The van der Waals surface area contributed by atoms with Crippen LogP contribution in [0.2, 0.25) is 0 Å². The summed E-state index contributed by atoms with van der Waals surface area (Å²) < 4.78 is 0. The highest BCUT2D eigenvalue weighted by molar-refractivity contribution is 4.91. The van der Waals surface area contributed by atoms with Gasteiger partial charge in [-0.3, -0.25) is 0 Å². The molecule has 0 spiro atoms. The Kier molecular flexibility index (Phi) is 6.03. The minimum Gasteiger partial charge on any atom is -0.311 e. The second-order valence-corrected chi connectivity index (χ2v) is 9.00. The second kappa shape index (κ2) is 7.84.